The first-order valence-corrected chi connectivity index (χ1v) is 24.7. The third-order valence-electron chi connectivity index (χ3n) is 15.1. The smallest absolute Gasteiger partial charge is 0.312 e. The molecule has 1 amide bonds. The monoisotopic (exact) mass is 902 g/mol. The summed E-state index contributed by atoms with van der Waals surface area (Å²) in [7, 11) is -4.60. The molecule has 2 saturated heterocycles. The highest BCUT2D eigenvalue weighted by Gasteiger charge is 2.53. The number of amides is 1. The van der Waals surface area contributed by atoms with E-state index < -0.39 is 31.4 Å². The van der Waals surface area contributed by atoms with Gasteiger partial charge in [-0.3, -0.25) is 19.8 Å². The molecule has 5 aromatic rings. The average Bonchev–Trinajstić information content (AvgIpc) is 4.04. The van der Waals surface area contributed by atoms with Crippen LogP contribution in [0, 0.1) is 27.4 Å². The van der Waals surface area contributed by atoms with Crippen molar-refractivity contribution in [3.8, 4) is 11.5 Å². The molecule has 15 nitrogen and oxygen atoms in total. The minimum Gasteiger partial charge on any atom is -0.455 e. The number of carbonyl (C=O) groups is 1. The third kappa shape index (κ3) is 8.79. The van der Waals surface area contributed by atoms with Gasteiger partial charge in [-0.25, -0.2) is 23.1 Å². The van der Waals surface area contributed by atoms with E-state index in [4.69, 9.17) is 9.47 Å². The zero-order valence-electron chi connectivity index (χ0n) is 37.1. The number of carbonyl (C=O) groups excluding carboxylic acids is 1. The number of aromatic nitrogens is 3. The molecule has 10 rings (SSSR count). The second-order valence-electron chi connectivity index (χ2n) is 19.5. The number of benzene rings is 2. The van der Waals surface area contributed by atoms with Crippen LogP contribution in [0.4, 0.5) is 17.2 Å². The van der Waals surface area contributed by atoms with Gasteiger partial charge in [-0.2, -0.15) is 0 Å². The molecule has 342 valence electrons. The SMILES string of the molecule is C[C@@]1(c2ccccc2C2CC2)COCCN1C1CC2(CCN(c3ccc(C(=O)NS(=O)(=O)c4cnc(NC[C@H]5CC[C@@H](C)CC5)c([N+](=O)[O-])c4)c(Oc4cnc5[nH]ccc5c4)c3)CC2)C1. The van der Waals surface area contributed by atoms with Crippen molar-refractivity contribution >= 4 is 44.2 Å². The summed E-state index contributed by atoms with van der Waals surface area (Å²) in [4.78, 5) is 41.7. The molecule has 3 N–H and O–H groups in total. The first-order valence-electron chi connectivity index (χ1n) is 23.3. The number of hydrogen-bond donors (Lipinski definition) is 3. The highest BCUT2D eigenvalue weighted by molar-refractivity contribution is 7.90. The summed E-state index contributed by atoms with van der Waals surface area (Å²) < 4.78 is 42.1. The number of fused-ring (bicyclic) bond motifs is 1. The van der Waals surface area contributed by atoms with Gasteiger partial charge in [-0.1, -0.05) is 44.0 Å². The van der Waals surface area contributed by atoms with Crippen LogP contribution in [0.5, 0.6) is 11.5 Å². The Morgan fingerprint density at radius 2 is 1.77 bits per heavy atom. The highest BCUT2D eigenvalue weighted by atomic mass is 32.2. The highest BCUT2D eigenvalue weighted by Crippen LogP contribution is 2.55. The Balaban J connectivity index is 0.844. The number of H-pyrrole nitrogens is 1. The number of rotatable bonds is 13. The molecule has 65 heavy (non-hydrogen) atoms. The quantitative estimate of drug-likeness (QED) is 0.0754. The summed E-state index contributed by atoms with van der Waals surface area (Å²) >= 11 is 0. The van der Waals surface area contributed by atoms with E-state index in [1.165, 1.54) is 24.0 Å². The molecule has 5 aliphatic rings. The Kier molecular flexibility index (Phi) is 11.6. The summed E-state index contributed by atoms with van der Waals surface area (Å²) in [5, 5.41) is 16.0. The summed E-state index contributed by atoms with van der Waals surface area (Å²) in [5.41, 5.74) is 4.03. The molecule has 16 heteroatoms. The molecule has 2 aliphatic heterocycles. The summed E-state index contributed by atoms with van der Waals surface area (Å²) in [6, 6.07) is 19.2. The number of morpholine rings is 1. The van der Waals surface area contributed by atoms with Crippen LogP contribution in [-0.4, -0.2) is 84.5 Å². The largest absolute Gasteiger partial charge is 0.455 e. The molecule has 3 aromatic heterocycles. The molecule has 3 saturated carbocycles. The van der Waals surface area contributed by atoms with Gasteiger partial charge in [0.25, 0.3) is 15.9 Å². The van der Waals surface area contributed by atoms with Crippen LogP contribution in [0.15, 0.2) is 84.1 Å². The van der Waals surface area contributed by atoms with E-state index in [0.717, 1.165) is 101 Å². The van der Waals surface area contributed by atoms with E-state index in [9.17, 15) is 23.3 Å². The zero-order chi connectivity index (χ0) is 44.9. The van der Waals surface area contributed by atoms with Crippen LogP contribution in [0.2, 0.25) is 0 Å². The number of piperidine rings is 1. The number of anilines is 2. The minimum atomic E-state index is -4.60. The molecule has 5 fully saturated rings. The topological polar surface area (TPSA) is 185 Å². The van der Waals surface area contributed by atoms with Crippen LogP contribution >= 0.6 is 0 Å². The predicted octanol–water partition coefficient (Wildman–Crippen LogP) is 8.89. The number of hydrogen-bond acceptors (Lipinski definition) is 12. The molecule has 3 aliphatic carbocycles. The van der Waals surface area contributed by atoms with Crippen molar-refractivity contribution in [1.29, 1.82) is 0 Å². The molecule has 1 atom stereocenters. The lowest BCUT2D eigenvalue weighted by Crippen LogP contribution is -2.63. The lowest BCUT2D eigenvalue weighted by molar-refractivity contribution is -0.384. The first-order chi connectivity index (χ1) is 31.4. The molecule has 2 aromatic carbocycles. The molecule has 5 heterocycles. The number of sulfonamides is 1. The van der Waals surface area contributed by atoms with Gasteiger partial charge in [0, 0.05) is 61.6 Å². The lowest BCUT2D eigenvalue weighted by atomic mass is 9.59. The Morgan fingerprint density at radius 3 is 2.54 bits per heavy atom. The van der Waals surface area contributed by atoms with Crippen molar-refractivity contribution in [2.75, 3.05) is 49.6 Å². The van der Waals surface area contributed by atoms with Gasteiger partial charge in [-0.15, -0.1) is 0 Å². The van der Waals surface area contributed by atoms with E-state index in [2.05, 4.69) is 72.9 Å². The number of pyridine rings is 2. The maximum absolute atomic E-state index is 14.0. The summed E-state index contributed by atoms with van der Waals surface area (Å²) in [5.74, 6) is 1.22. The van der Waals surface area contributed by atoms with Gasteiger partial charge in [-0.05, 0) is 117 Å². The fraction of sp³-hybridized carbons (Fsp3) is 0.490. The van der Waals surface area contributed by atoms with Crippen LogP contribution in [-0.2, 0) is 20.3 Å². The third-order valence-corrected chi connectivity index (χ3v) is 16.4. The standard InChI is InChI=1S/C49H58N8O7S/c1-32-7-9-33(10-8-32)28-51-46-43(57(59)60)25-39(30-53-46)65(61,62)54-47(58)41-14-13-36(24-44(41)64-38-23-35-15-18-50-45(35)52-29-38)55-19-16-49(17-20-55)26-37(27-49)56-21-22-63-31-48(56,2)42-6-4-3-5-40(42)34-11-12-34/h3-6,13-15,18,23-25,29-30,32-34,37H,7-12,16-17,19-22,26-28,31H2,1-2H3,(H,50,52)(H,51,53)(H,54,58)/t32-,33+,48-/m0/s1. The second-order valence-corrected chi connectivity index (χ2v) is 21.2. The minimum absolute atomic E-state index is 0.00989. The Morgan fingerprint density at radius 1 is 0.985 bits per heavy atom. The second kappa shape index (κ2) is 17.3. The van der Waals surface area contributed by atoms with Crippen LogP contribution in [0.25, 0.3) is 11.0 Å². The normalized spacial score (nSPS) is 23.8. The van der Waals surface area contributed by atoms with Crippen LogP contribution < -0.4 is 19.7 Å². The van der Waals surface area contributed by atoms with Gasteiger partial charge < -0.3 is 24.7 Å². The summed E-state index contributed by atoms with van der Waals surface area (Å²) in [6.07, 6.45) is 15.5. The zero-order valence-corrected chi connectivity index (χ0v) is 37.9. The van der Waals surface area contributed by atoms with Gasteiger partial charge in [0.1, 0.15) is 22.0 Å². The van der Waals surface area contributed by atoms with E-state index in [1.54, 1.807) is 30.6 Å². The average molecular weight is 903 g/mol. The number of ether oxygens (including phenoxy) is 2. The van der Waals surface area contributed by atoms with E-state index in [1.807, 2.05) is 12.1 Å². The number of nitrogens with zero attached hydrogens (tertiary/aromatic N) is 5. The fourth-order valence-electron chi connectivity index (χ4n) is 11.1. The van der Waals surface area contributed by atoms with Crippen molar-refractivity contribution in [3.05, 3.63) is 106 Å². The van der Waals surface area contributed by atoms with Crippen molar-refractivity contribution in [3.63, 3.8) is 0 Å². The van der Waals surface area contributed by atoms with Gasteiger partial charge in [0.2, 0.25) is 5.82 Å². The summed E-state index contributed by atoms with van der Waals surface area (Å²) in [6.45, 7) is 9.14. The van der Waals surface area contributed by atoms with E-state index in [-0.39, 0.29) is 28.1 Å². The van der Waals surface area contributed by atoms with Crippen molar-refractivity contribution in [2.45, 2.75) is 100 Å². The number of aromatic amines is 1. The predicted molar refractivity (Wildman–Crippen MR) is 248 cm³/mol. The van der Waals surface area contributed by atoms with Crippen LogP contribution in [0.1, 0.15) is 105 Å². The Labute approximate surface area is 379 Å². The van der Waals surface area contributed by atoms with E-state index >= 15 is 0 Å². The van der Waals surface area contributed by atoms with Gasteiger partial charge in [0.15, 0.2) is 0 Å². The molecule has 1 spiro atoms. The van der Waals surface area contributed by atoms with Crippen molar-refractivity contribution in [1.82, 2.24) is 24.6 Å². The van der Waals surface area contributed by atoms with Crippen molar-refractivity contribution < 1.29 is 27.6 Å². The van der Waals surface area contributed by atoms with Crippen molar-refractivity contribution in [2.24, 2.45) is 17.3 Å². The maximum Gasteiger partial charge on any atom is 0.312 e. The van der Waals surface area contributed by atoms with Crippen LogP contribution in [0.3, 0.4) is 0 Å². The molecule has 0 bridgehead atoms. The lowest BCUT2D eigenvalue weighted by Gasteiger charge is -2.60. The first kappa shape index (κ1) is 43.3. The number of nitro groups is 1. The molecule has 0 unspecified atom stereocenters. The molecular weight excluding hydrogens is 845 g/mol. The Hall–Kier alpha value is -5.58. The van der Waals surface area contributed by atoms with Gasteiger partial charge >= 0.3 is 5.69 Å². The Bertz CT molecular complexity index is 2700. The molecular formula is C49H58N8O7S. The maximum atomic E-state index is 14.0. The van der Waals surface area contributed by atoms with E-state index in [0.29, 0.717) is 48.3 Å². The number of nitrogens with one attached hydrogen (secondary N) is 3. The fourth-order valence-corrected chi connectivity index (χ4v) is 12.0. The van der Waals surface area contributed by atoms with Gasteiger partial charge in [0.05, 0.1) is 41.6 Å². The molecule has 0 radical (unpaired) electrons.